The predicted molar refractivity (Wildman–Crippen MR) is 126 cm³/mol. The Morgan fingerprint density at radius 3 is 2.35 bits per heavy atom. The number of carbonyl (C=O) groups is 1. The number of carbonyl (C=O) groups excluding carboxylic acids is 1. The lowest BCUT2D eigenvalue weighted by atomic mass is 9.53. The Morgan fingerprint density at radius 1 is 1.13 bits per heavy atom. The van der Waals surface area contributed by atoms with Crippen LogP contribution in [0.25, 0.3) is 0 Å². The van der Waals surface area contributed by atoms with Crippen LogP contribution in [0, 0.1) is 17.8 Å². The molecular formula is C23H29Cl2N5O. The average molecular weight is 462 g/mol. The van der Waals surface area contributed by atoms with Crippen molar-refractivity contribution in [2.24, 2.45) is 27.7 Å². The number of guanidine groups is 2. The number of benzene rings is 1. The minimum atomic E-state index is -0.156. The molecule has 2 N–H and O–H groups in total. The minimum absolute atomic E-state index is 0.0582. The molecule has 1 aromatic rings. The predicted octanol–water partition coefficient (Wildman–Crippen LogP) is 4.93. The van der Waals surface area contributed by atoms with Gasteiger partial charge in [0.25, 0.3) is 5.91 Å². The topological polar surface area (TPSA) is 69.1 Å². The van der Waals surface area contributed by atoms with Crippen molar-refractivity contribution < 1.29 is 4.79 Å². The van der Waals surface area contributed by atoms with Gasteiger partial charge in [-0.3, -0.25) is 4.79 Å². The second-order valence-electron chi connectivity index (χ2n) is 10.1. The van der Waals surface area contributed by atoms with Gasteiger partial charge >= 0.3 is 0 Å². The first kappa shape index (κ1) is 21.1. The number of hydrogen-bond acceptors (Lipinski definition) is 3. The zero-order valence-corrected chi connectivity index (χ0v) is 19.5. The second kappa shape index (κ2) is 7.96. The number of amides is 1. The van der Waals surface area contributed by atoms with Crippen molar-refractivity contribution >= 4 is 46.7 Å². The average Bonchev–Trinajstić information content (AvgIpc) is 3.03. The number of aliphatic imine (C=N–C) groups is 2. The summed E-state index contributed by atoms with van der Waals surface area (Å²) in [5.74, 6) is 3.35. The molecule has 0 atom stereocenters. The van der Waals surface area contributed by atoms with Gasteiger partial charge in [0.2, 0.25) is 11.9 Å². The molecule has 0 radical (unpaired) electrons. The lowest BCUT2D eigenvalue weighted by molar-refractivity contribution is -0.117. The molecule has 4 bridgehead atoms. The minimum Gasteiger partial charge on any atom is -0.350 e. The molecule has 1 aromatic carbocycles. The lowest BCUT2D eigenvalue weighted by Crippen LogP contribution is -2.61. The first-order valence-electron chi connectivity index (χ1n) is 11.3. The van der Waals surface area contributed by atoms with Crippen molar-refractivity contribution in [2.45, 2.75) is 64.0 Å². The summed E-state index contributed by atoms with van der Waals surface area (Å²) in [4.78, 5) is 23.0. The molecule has 0 unspecified atom stereocenters. The van der Waals surface area contributed by atoms with E-state index in [2.05, 4.69) is 15.6 Å². The van der Waals surface area contributed by atoms with E-state index in [4.69, 9.17) is 28.2 Å². The number of nitrogens with one attached hydrogen (secondary N) is 2. The van der Waals surface area contributed by atoms with E-state index in [9.17, 15) is 4.79 Å². The Hall–Kier alpha value is -1.79. The maximum Gasteiger partial charge on any atom is 0.268 e. The number of hydrogen-bond donors (Lipinski definition) is 2. The maximum atomic E-state index is 12.0. The molecule has 6 rings (SSSR count). The number of rotatable bonds is 3. The van der Waals surface area contributed by atoms with Crippen molar-refractivity contribution in [3.63, 3.8) is 0 Å². The van der Waals surface area contributed by atoms with Gasteiger partial charge in [0, 0.05) is 17.3 Å². The molecule has 0 aromatic heterocycles. The van der Waals surface area contributed by atoms with Crippen LogP contribution < -0.4 is 10.6 Å². The first-order chi connectivity index (χ1) is 14.8. The number of nitrogens with zero attached hydrogens (tertiary/aromatic N) is 3. The van der Waals surface area contributed by atoms with E-state index >= 15 is 0 Å². The molecule has 8 heteroatoms. The molecular weight excluding hydrogens is 433 g/mol. The van der Waals surface area contributed by atoms with Crippen molar-refractivity contribution in [2.75, 3.05) is 11.9 Å². The van der Waals surface area contributed by atoms with Crippen LogP contribution in [-0.2, 0) is 4.79 Å². The molecule has 1 aliphatic heterocycles. The van der Waals surface area contributed by atoms with Gasteiger partial charge in [-0.05, 0) is 88.3 Å². The fraction of sp³-hybridized carbons (Fsp3) is 0.609. The van der Waals surface area contributed by atoms with E-state index in [0.29, 0.717) is 22.0 Å². The van der Waals surface area contributed by atoms with E-state index in [1.807, 2.05) is 24.8 Å². The fourth-order valence-electron chi connectivity index (χ4n) is 6.34. The molecule has 4 fully saturated rings. The van der Waals surface area contributed by atoms with Crippen molar-refractivity contribution in [3.8, 4) is 0 Å². The second-order valence-corrected chi connectivity index (χ2v) is 10.9. The smallest absolute Gasteiger partial charge is 0.268 e. The molecule has 31 heavy (non-hydrogen) atoms. The monoisotopic (exact) mass is 461 g/mol. The van der Waals surface area contributed by atoms with Gasteiger partial charge in [0.15, 0.2) is 0 Å². The summed E-state index contributed by atoms with van der Waals surface area (Å²) in [7, 11) is 0. The Kier molecular flexibility index (Phi) is 5.41. The maximum absolute atomic E-state index is 12.0. The Morgan fingerprint density at radius 2 is 1.77 bits per heavy atom. The zero-order valence-electron chi connectivity index (χ0n) is 18.0. The highest BCUT2D eigenvalue weighted by atomic mass is 35.5. The third kappa shape index (κ3) is 4.29. The Labute approximate surface area is 193 Å². The van der Waals surface area contributed by atoms with Gasteiger partial charge in [-0.15, -0.1) is 0 Å². The number of anilines is 1. The van der Waals surface area contributed by atoms with Crippen molar-refractivity contribution in [1.29, 1.82) is 0 Å². The van der Waals surface area contributed by atoms with E-state index < -0.39 is 0 Å². The molecule has 4 saturated carbocycles. The van der Waals surface area contributed by atoms with Crippen molar-refractivity contribution in [3.05, 3.63) is 28.2 Å². The van der Waals surface area contributed by atoms with Crippen LogP contribution in [-0.4, -0.2) is 40.9 Å². The van der Waals surface area contributed by atoms with E-state index in [1.54, 1.807) is 12.1 Å². The van der Waals surface area contributed by atoms with E-state index in [0.717, 1.165) is 23.4 Å². The van der Waals surface area contributed by atoms with Crippen LogP contribution in [0.15, 0.2) is 28.2 Å². The highest BCUT2D eigenvalue weighted by Gasteiger charge is 2.51. The molecule has 0 saturated heterocycles. The van der Waals surface area contributed by atoms with Crippen LogP contribution in [0.1, 0.15) is 52.4 Å². The third-order valence-corrected chi connectivity index (χ3v) is 7.97. The van der Waals surface area contributed by atoms with E-state index in [1.165, 1.54) is 38.5 Å². The van der Waals surface area contributed by atoms with Crippen LogP contribution in [0.3, 0.4) is 0 Å². The first-order valence-corrected chi connectivity index (χ1v) is 12.0. The molecule has 4 aliphatic carbocycles. The van der Waals surface area contributed by atoms with Crippen LogP contribution in [0.5, 0.6) is 0 Å². The Bertz CT molecular complexity index is 922. The normalized spacial score (nSPS) is 32.1. The van der Waals surface area contributed by atoms with Gasteiger partial charge in [0.05, 0.1) is 10.0 Å². The standard InChI is InChI=1S/C23H29Cl2N5O/c1-13(2)30-12-20(31)27-22(30)28-21(26-17-3-4-18(24)19(25)8-17)29-23-9-14-5-15(10-23)7-16(6-14)11-23/h3-4,8,13-16H,5-7,9-12H2,1-2H3,(H2,26,27,28,29,31). The fourth-order valence-corrected chi connectivity index (χ4v) is 6.64. The highest BCUT2D eigenvalue weighted by molar-refractivity contribution is 6.42. The largest absolute Gasteiger partial charge is 0.350 e. The third-order valence-electron chi connectivity index (χ3n) is 7.23. The molecule has 166 valence electrons. The van der Waals surface area contributed by atoms with Gasteiger partial charge < -0.3 is 15.5 Å². The van der Waals surface area contributed by atoms with Gasteiger partial charge in [-0.2, -0.15) is 9.98 Å². The molecule has 6 nitrogen and oxygen atoms in total. The summed E-state index contributed by atoms with van der Waals surface area (Å²) in [5, 5.41) is 8.18. The lowest BCUT2D eigenvalue weighted by Gasteiger charge is -2.57. The summed E-state index contributed by atoms with van der Waals surface area (Å²) in [6.07, 6.45) is 7.66. The van der Waals surface area contributed by atoms with Gasteiger partial charge in [-0.25, -0.2) is 0 Å². The zero-order chi connectivity index (χ0) is 21.8. The van der Waals surface area contributed by atoms with Gasteiger partial charge in [0.1, 0.15) is 6.54 Å². The summed E-state index contributed by atoms with van der Waals surface area (Å²) >= 11 is 12.3. The summed E-state index contributed by atoms with van der Waals surface area (Å²) in [6.45, 7) is 4.36. The highest BCUT2D eigenvalue weighted by Crippen LogP contribution is 2.55. The summed E-state index contributed by atoms with van der Waals surface area (Å²) < 4.78 is 0. The molecule has 1 heterocycles. The van der Waals surface area contributed by atoms with Gasteiger partial charge in [-0.1, -0.05) is 23.2 Å². The molecule has 1 amide bonds. The van der Waals surface area contributed by atoms with Crippen LogP contribution >= 0.6 is 23.2 Å². The Balaban J connectivity index is 1.46. The van der Waals surface area contributed by atoms with Crippen LogP contribution in [0.4, 0.5) is 5.69 Å². The van der Waals surface area contributed by atoms with Crippen LogP contribution in [0.2, 0.25) is 10.0 Å². The molecule has 0 spiro atoms. The number of halogens is 2. The van der Waals surface area contributed by atoms with Crippen molar-refractivity contribution in [1.82, 2.24) is 10.2 Å². The quantitative estimate of drug-likeness (QED) is 0.494. The molecule has 5 aliphatic rings. The summed E-state index contributed by atoms with van der Waals surface area (Å²) in [5.41, 5.74) is 0.856. The van der Waals surface area contributed by atoms with E-state index in [-0.39, 0.29) is 24.0 Å². The SMILES string of the molecule is CC(C)N1CC(=O)N=C1/N=C(/Nc1ccc(Cl)c(Cl)c1)NC12CC3CC(CC(C3)C1)C2. The summed E-state index contributed by atoms with van der Waals surface area (Å²) in [6, 6.07) is 5.58.